The molecule has 0 bridgehead atoms. The Balaban J connectivity index is 1.92. The first-order valence-electron chi connectivity index (χ1n) is 7.92. The summed E-state index contributed by atoms with van der Waals surface area (Å²) in [4.78, 5) is 25.6. The van der Waals surface area contributed by atoms with Crippen molar-refractivity contribution >= 4 is 17.4 Å². The van der Waals surface area contributed by atoms with E-state index in [1.165, 1.54) is 27.9 Å². The SMILES string of the molecule is CC(C)N1CC(=C(O)c2ccnn2Cc2ccc(F)cc2)C(=O)C1=O. The summed E-state index contributed by atoms with van der Waals surface area (Å²) in [6.45, 7) is 3.99. The van der Waals surface area contributed by atoms with Crippen molar-refractivity contribution < 1.29 is 19.1 Å². The summed E-state index contributed by atoms with van der Waals surface area (Å²) >= 11 is 0. The summed E-state index contributed by atoms with van der Waals surface area (Å²) in [5.41, 5.74) is 1.20. The number of hydrogen-bond acceptors (Lipinski definition) is 4. The van der Waals surface area contributed by atoms with Crippen molar-refractivity contribution in [2.45, 2.75) is 26.4 Å². The van der Waals surface area contributed by atoms with Gasteiger partial charge in [0.05, 0.1) is 18.7 Å². The number of likely N-dealkylation sites (tertiary alicyclic amines) is 1. The fraction of sp³-hybridized carbons (Fsp3) is 0.278. The number of benzene rings is 1. The fourth-order valence-electron chi connectivity index (χ4n) is 2.75. The third kappa shape index (κ3) is 3.17. The molecule has 1 amide bonds. The van der Waals surface area contributed by atoms with E-state index in [1.54, 1.807) is 18.2 Å². The molecule has 1 aromatic carbocycles. The zero-order valence-electron chi connectivity index (χ0n) is 13.9. The minimum absolute atomic E-state index is 0.0690. The van der Waals surface area contributed by atoms with E-state index in [2.05, 4.69) is 5.10 Å². The van der Waals surface area contributed by atoms with Crippen LogP contribution in [0, 0.1) is 5.82 Å². The van der Waals surface area contributed by atoms with Crippen molar-refractivity contribution in [2.75, 3.05) is 6.54 Å². The molecule has 1 aromatic heterocycles. The molecule has 0 saturated carbocycles. The van der Waals surface area contributed by atoms with E-state index in [4.69, 9.17) is 0 Å². The normalized spacial score (nSPS) is 16.9. The van der Waals surface area contributed by atoms with Gasteiger partial charge in [0.15, 0.2) is 0 Å². The number of aliphatic hydroxyl groups excluding tert-OH is 1. The first-order valence-corrected chi connectivity index (χ1v) is 7.92. The van der Waals surface area contributed by atoms with Crippen LogP contribution in [0.1, 0.15) is 25.1 Å². The Morgan fingerprint density at radius 3 is 2.52 bits per heavy atom. The molecule has 7 heteroatoms. The molecule has 1 aliphatic rings. The lowest BCUT2D eigenvalue weighted by Gasteiger charge is -2.18. The zero-order valence-corrected chi connectivity index (χ0v) is 13.9. The van der Waals surface area contributed by atoms with Gasteiger partial charge in [-0.2, -0.15) is 5.10 Å². The molecule has 2 aromatic rings. The molecule has 0 unspecified atom stereocenters. The molecule has 25 heavy (non-hydrogen) atoms. The van der Waals surface area contributed by atoms with Crippen LogP contribution in [0.5, 0.6) is 0 Å². The number of aromatic nitrogens is 2. The Morgan fingerprint density at radius 2 is 1.92 bits per heavy atom. The van der Waals surface area contributed by atoms with E-state index in [9.17, 15) is 19.1 Å². The smallest absolute Gasteiger partial charge is 0.295 e. The molecule has 2 heterocycles. The predicted octanol–water partition coefficient (Wildman–Crippen LogP) is 2.16. The van der Waals surface area contributed by atoms with Crippen molar-refractivity contribution in [1.82, 2.24) is 14.7 Å². The molecule has 130 valence electrons. The van der Waals surface area contributed by atoms with E-state index in [0.29, 0.717) is 12.2 Å². The lowest BCUT2D eigenvalue weighted by Crippen LogP contribution is -2.33. The van der Waals surface area contributed by atoms with E-state index in [0.717, 1.165) is 5.56 Å². The number of carbonyl (C=O) groups excluding carboxylic acids is 2. The molecule has 0 radical (unpaired) electrons. The van der Waals surface area contributed by atoms with Gasteiger partial charge < -0.3 is 10.0 Å². The number of amides is 1. The third-order valence-corrected chi connectivity index (χ3v) is 4.17. The van der Waals surface area contributed by atoms with Crippen LogP contribution in [-0.2, 0) is 16.1 Å². The summed E-state index contributed by atoms with van der Waals surface area (Å²) < 4.78 is 14.5. The average Bonchev–Trinajstić information content (AvgIpc) is 3.15. The molecule has 0 spiro atoms. The van der Waals surface area contributed by atoms with E-state index < -0.39 is 11.7 Å². The molecule has 0 aliphatic carbocycles. The lowest BCUT2D eigenvalue weighted by atomic mass is 10.1. The topological polar surface area (TPSA) is 75.4 Å². The van der Waals surface area contributed by atoms with Crippen molar-refractivity contribution in [3.8, 4) is 0 Å². The highest BCUT2D eigenvalue weighted by atomic mass is 19.1. The quantitative estimate of drug-likeness (QED) is 0.524. The number of halogens is 1. The van der Waals surface area contributed by atoms with Crippen molar-refractivity contribution in [3.05, 3.63) is 59.2 Å². The van der Waals surface area contributed by atoms with Gasteiger partial charge in [0.2, 0.25) is 0 Å². The Kier molecular flexibility index (Phi) is 4.39. The van der Waals surface area contributed by atoms with Gasteiger partial charge in [-0.1, -0.05) is 12.1 Å². The number of carbonyl (C=O) groups is 2. The number of hydrogen-bond donors (Lipinski definition) is 1. The van der Waals surface area contributed by atoms with Crippen LogP contribution in [0.15, 0.2) is 42.1 Å². The Labute approximate surface area is 144 Å². The maximum absolute atomic E-state index is 13.0. The van der Waals surface area contributed by atoms with Gasteiger partial charge in [0, 0.05) is 12.2 Å². The van der Waals surface area contributed by atoms with E-state index >= 15 is 0 Å². The van der Waals surface area contributed by atoms with Crippen LogP contribution in [-0.4, -0.2) is 44.1 Å². The molecule has 0 atom stereocenters. The van der Waals surface area contributed by atoms with E-state index in [1.807, 2.05) is 13.8 Å². The predicted molar refractivity (Wildman–Crippen MR) is 89.1 cm³/mol. The highest BCUT2D eigenvalue weighted by molar-refractivity contribution is 6.46. The Hall–Kier alpha value is -2.96. The Bertz CT molecular complexity index is 853. The van der Waals surface area contributed by atoms with Crippen LogP contribution in [0.25, 0.3) is 5.76 Å². The maximum atomic E-state index is 13.0. The number of ketones is 1. The minimum atomic E-state index is -0.694. The highest BCUT2D eigenvalue weighted by Gasteiger charge is 2.38. The van der Waals surface area contributed by atoms with Crippen LogP contribution < -0.4 is 0 Å². The third-order valence-electron chi connectivity index (χ3n) is 4.17. The zero-order chi connectivity index (χ0) is 18.1. The number of aliphatic hydroxyl groups is 1. The number of Topliss-reactive ketones (excluding diaryl/α,β-unsaturated/α-hetero) is 1. The average molecular weight is 343 g/mol. The fourth-order valence-corrected chi connectivity index (χ4v) is 2.75. The van der Waals surface area contributed by atoms with Crippen LogP contribution in [0.3, 0.4) is 0 Å². The summed E-state index contributed by atoms with van der Waals surface area (Å²) in [5.74, 6) is -1.89. The molecule has 1 fully saturated rings. The standard InChI is InChI=1S/C18H18FN3O3/c1-11(2)21-10-14(17(24)18(21)25)16(23)15-7-8-20-22(15)9-12-3-5-13(19)6-4-12/h3-8,11,23H,9-10H2,1-2H3. The maximum Gasteiger partial charge on any atom is 0.295 e. The number of nitrogens with zero attached hydrogens (tertiary/aromatic N) is 3. The second-order valence-corrected chi connectivity index (χ2v) is 6.18. The van der Waals surface area contributed by atoms with Crippen molar-refractivity contribution in [1.29, 1.82) is 0 Å². The second kappa shape index (κ2) is 6.51. The first-order chi connectivity index (χ1) is 11.9. The summed E-state index contributed by atoms with van der Waals surface area (Å²) in [7, 11) is 0. The molecule has 6 nitrogen and oxygen atoms in total. The highest BCUT2D eigenvalue weighted by Crippen LogP contribution is 2.24. The molecule has 1 saturated heterocycles. The minimum Gasteiger partial charge on any atom is -0.505 e. The van der Waals surface area contributed by atoms with Gasteiger partial charge in [0.1, 0.15) is 17.3 Å². The van der Waals surface area contributed by atoms with E-state index in [-0.39, 0.29) is 29.7 Å². The number of rotatable bonds is 4. The molecular weight excluding hydrogens is 325 g/mol. The lowest BCUT2D eigenvalue weighted by molar-refractivity contribution is -0.140. The summed E-state index contributed by atoms with van der Waals surface area (Å²) in [6.07, 6.45) is 1.50. The van der Waals surface area contributed by atoms with Gasteiger partial charge in [-0.15, -0.1) is 0 Å². The van der Waals surface area contributed by atoms with Crippen molar-refractivity contribution in [3.63, 3.8) is 0 Å². The summed E-state index contributed by atoms with van der Waals surface area (Å²) in [6, 6.07) is 7.37. The second-order valence-electron chi connectivity index (χ2n) is 6.18. The van der Waals surface area contributed by atoms with Gasteiger partial charge in [-0.3, -0.25) is 14.3 Å². The first kappa shape index (κ1) is 16.9. The van der Waals surface area contributed by atoms with Crippen molar-refractivity contribution in [2.24, 2.45) is 0 Å². The van der Waals surface area contributed by atoms with Crippen LogP contribution in [0.4, 0.5) is 4.39 Å². The molecule has 1 N–H and O–H groups in total. The van der Waals surface area contributed by atoms with Gasteiger partial charge >= 0.3 is 0 Å². The molecular formula is C18H18FN3O3. The largest absolute Gasteiger partial charge is 0.505 e. The van der Waals surface area contributed by atoms with Gasteiger partial charge in [-0.05, 0) is 37.6 Å². The molecule has 1 aliphatic heterocycles. The Morgan fingerprint density at radius 1 is 1.24 bits per heavy atom. The molecule has 3 rings (SSSR count). The monoisotopic (exact) mass is 343 g/mol. The van der Waals surface area contributed by atoms with Gasteiger partial charge in [0.25, 0.3) is 11.7 Å². The van der Waals surface area contributed by atoms with Gasteiger partial charge in [-0.25, -0.2) is 4.39 Å². The summed E-state index contributed by atoms with van der Waals surface area (Å²) in [5, 5.41) is 14.7. The van der Waals surface area contributed by atoms with Crippen LogP contribution in [0.2, 0.25) is 0 Å². The van der Waals surface area contributed by atoms with Crippen LogP contribution >= 0.6 is 0 Å².